The third kappa shape index (κ3) is 68.0. The van der Waals surface area contributed by atoms with E-state index in [1.165, 1.54) is 263 Å². The van der Waals surface area contributed by atoms with Gasteiger partial charge in [0.1, 0.15) is 13.2 Å². The van der Waals surface area contributed by atoms with Crippen LogP contribution in [0.1, 0.15) is 393 Å². The molecule has 0 aliphatic rings. The maximum Gasteiger partial charge on any atom is 0.306 e. The Hall–Kier alpha value is -2.63. The average Bonchev–Trinajstić information content (AvgIpc) is 3.47. The number of ether oxygens (including phenoxy) is 3. The van der Waals surface area contributed by atoms with Gasteiger partial charge in [-0.15, -0.1) is 0 Å². The quantitative estimate of drug-likeness (QED) is 0.0261. The summed E-state index contributed by atoms with van der Waals surface area (Å²) in [7, 11) is 0. The van der Waals surface area contributed by atoms with E-state index in [1.807, 2.05) is 0 Å². The van der Waals surface area contributed by atoms with Crippen LogP contribution in [0.2, 0.25) is 0 Å². The lowest BCUT2D eigenvalue weighted by Crippen LogP contribution is -2.30. The van der Waals surface area contributed by atoms with Crippen molar-refractivity contribution in [2.24, 2.45) is 0 Å². The highest BCUT2D eigenvalue weighted by molar-refractivity contribution is 5.71. The van der Waals surface area contributed by atoms with Crippen molar-refractivity contribution >= 4 is 17.9 Å². The predicted molar refractivity (Wildman–Crippen MR) is 353 cm³/mol. The molecule has 0 aromatic carbocycles. The van der Waals surface area contributed by atoms with E-state index in [1.54, 1.807) is 0 Å². The molecule has 0 heterocycles. The van der Waals surface area contributed by atoms with Crippen LogP contribution in [0.4, 0.5) is 0 Å². The smallest absolute Gasteiger partial charge is 0.306 e. The number of hydrogen-bond acceptors (Lipinski definition) is 6. The maximum absolute atomic E-state index is 13.0. The van der Waals surface area contributed by atoms with E-state index in [-0.39, 0.29) is 31.1 Å². The van der Waals surface area contributed by atoms with E-state index < -0.39 is 6.10 Å². The largest absolute Gasteiger partial charge is 0.462 e. The fraction of sp³-hybridized carbons (Fsp3) is 0.853. The molecule has 0 bridgehead atoms. The van der Waals surface area contributed by atoms with Crippen molar-refractivity contribution in [2.45, 2.75) is 399 Å². The summed E-state index contributed by atoms with van der Waals surface area (Å²) in [6.07, 6.45) is 88.6. The summed E-state index contributed by atoms with van der Waals surface area (Å²) in [5.74, 6) is -0.855. The molecule has 0 aromatic rings. The number of rotatable bonds is 67. The summed E-state index contributed by atoms with van der Waals surface area (Å²) in [5, 5.41) is 0. The van der Waals surface area contributed by atoms with Crippen molar-refractivity contribution in [3.63, 3.8) is 0 Å². The van der Waals surface area contributed by atoms with Crippen molar-refractivity contribution in [2.75, 3.05) is 13.2 Å². The van der Waals surface area contributed by atoms with Gasteiger partial charge in [0.05, 0.1) is 0 Å². The molecule has 0 N–H and O–H groups in total. The Bertz CT molecular complexity index is 1400. The Morgan fingerprint density at radius 3 is 0.753 bits per heavy atom. The van der Waals surface area contributed by atoms with Gasteiger partial charge in [-0.25, -0.2) is 0 Å². The Balaban J connectivity index is 4.32. The molecule has 0 aliphatic carbocycles. The van der Waals surface area contributed by atoms with Gasteiger partial charge in [-0.3, -0.25) is 14.4 Å². The number of unbranched alkanes of at least 4 members (excludes halogenated alkanes) is 48. The van der Waals surface area contributed by atoms with Crippen molar-refractivity contribution in [1.82, 2.24) is 0 Å². The molecular weight excluding hydrogens is 997 g/mol. The normalized spacial score (nSPS) is 12.3. The highest BCUT2D eigenvalue weighted by Crippen LogP contribution is 2.19. The number of esters is 3. The molecule has 0 saturated carbocycles. The van der Waals surface area contributed by atoms with Crippen LogP contribution in [0.25, 0.3) is 0 Å². The Kier molecular flexibility index (Phi) is 67.6. The monoisotopic (exact) mass is 1140 g/mol. The van der Waals surface area contributed by atoms with Crippen LogP contribution in [-0.4, -0.2) is 37.2 Å². The van der Waals surface area contributed by atoms with Crippen LogP contribution < -0.4 is 0 Å². The minimum absolute atomic E-state index is 0.0720. The fourth-order valence-electron chi connectivity index (χ4n) is 11.0. The summed E-state index contributed by atoms with van der Waals surface area (Å²) >= 11 is 0. The fourth-order valence-corrected chi connectivity index (χ4v) is 11.0. The molecule has 1 unspecified atom stereocenters. The number of carbonyl (C=O) groups is 3. The second-order valence-corrected chi connectivity index (χ2v) is 24.5. The summed E-state index contributed by atoms with van der Waals surface area (Å²) < 4.78 is 17.0. The molecule has 0 rings (SSSR count). The Labute approximate surface area is 505 Å². The number of carbonyl (C=O) groups excluding carboxylic acids is 3. The zero-order chi connectivity index (χ0) is 58.5. The van der Waals surface area contributed by atoms with Crippen molar-refractivity contribution in [3.05, 3.63) is 48.6 Å². The molecule has 0 spiro atoms. The van der Waals surface area contributed by atoms with Gasteiger partial charge in [-0.1, -0.05) is 365 Å². The van der Waals surface area contributed by atoms with Crippen LogP contribution in [0, 0.1) is 0 Å². The third-order valence-electron chi connectivity index (χ3n) is 16.3. The summed E-state index contributed by atoms with van der Waals surface area (Å²) in [4.78, 5) is 38.5. The van der Waals surface area contributed by atoms with Gasteiger partial charge < -0.3 is 14.2 Å². The standard InChI is InChI=1S/C75H138O6/c1-4-7-10-13-16-19-22-25-28-31-34-36-37-39-41-44-47-50-53-56-59-62-65-68-74(77)80-71-72(70-79-73(76)67-64-61-58-55-52-49-46-43-40-33-30-27-24-21-18-15-12-9-6-3)81-75(78)69-66-63-60-57-54-51-48-45-42-38-35-32-29-26-23-20-17-14-11-8-5-2/h9,12,18,21,27,30,40,43,72H,4-8,10-11,13-17,19-20,22-26,28-29,31-39,41-42,44-71H2,1-3H3/b12-9-,21-18-,30-27-,43-40-. The predicted octanol–water partition coefficient (Wildman–Crippen LogP) is 24.9. The second-order valence-electron chi connectivity index (χ2n) is 24.5. The minimum atomic E-state index is -0.778. The van der Waals surface area contributed by atoms with Crippen molar-refractivity contribution in [1.29, 1.82) is 0 Å². The topological polar surface area (TPSA) is 78.9 Å². The van der Waals surface area contributed by atoms with Crippen LogP contribution >= 0.6 is 0 Å². The summed E-state index contributed by atoms with van der Waals surface area (Å²) in [5.41, 5.74) is 0. The van der Waals surface area contributed by atoms with Crippen LogP contribution in [0.15, 0.2) is 48.6 Å². The maximum atomic E-state index is 13.0. The summed E-state index contributed by atoms with van der Waals surface area (Å²) in [6, 6.07) is 0. The van der Waals surface area contributed by atoms with Gasteiger partial charge in [-0.05, 0) is 57.8 Å². The zero-order valence-corrected chi connectivity index (χ0v) is 54.6. The molecule has 474 valence electrons. The second kappa shape index (κ2) is 69.9. The SMILES string of the molecule is CC/C=C\C/C=C\C/C=C\C/C=C\CCCCCCCCC(=O)OCC(COC(=O)CCCCCCCCCCCCCCCCCCCCCCCCC)OC(=O)CCCCCCCCCCCCCCCCCCCCCCC. The lowest BCUT2D eigenvalue weighted by atomic mass is 10.0. The molecule has 6 heteroatoms. The van der Waals surface area contributed by atoms with Crippen LogP contribution in [0.5, 0.6) is 0 Å². The van der Waals surface area contributed by atoms with Gasteiger partial charge in [0, 0.05) is 19.3 Å². The van der Waals surface area contributed by atoms with E-state index in [9.17, 15) is 14.4 Å². The molecule has 0 radical (unpaired) electrons. The first-order chi connectivity index (χ1) is 40.0. The van der Waals surface area contributed by atoms with E-state index in [4.69, 9.17) is 14.2 Å². The van der Waals surface area contributed by atoms with Gasteiger partial charge >= 0.3 is 17.9 Å². The van der Waals surface area contributed by atoms with E-state index in [0.717, 1.165) is 89.9 Å². The van der Waals surface area contributed by atoms with Gasteiger partial charge in [0.15, 0.2) is 6.10 Å². The van der Waals surface area contributed by atoms with E-state index in [2.05, 4.69) is 69.4 Å². The lowest BCUT2D eigenvalue weighted by Gasteiger charge is -2.18. The van der Waals surface area contributed by atoms with E-state index >= 15 is 0 Å². The molecule has 0 saturated heterocycles. The molecule has 0 amide bonds. The molecular formula is C75H138O6. The first kappa shape index (κ1) is 78.4. The summed E-state index contributed by atoms with van der Waals surface area (Å²) in [6.45, 7) is 6.60. The number of allylic oxidation sites excluding steroid dienone is 8. The Morgan fingerprint density at radius 2 is 0.481 bits per heavy atom. The molecule has 0 aromatic heterocycles. The number of hydrogen-bond donors (Lipinski definition) is 0. The van der Waals surface area contributed by atoms with Crippen molar-refractivity contribution in [3.8, 4) is 0 Å². The third-order valence-corrected chi connectivity index (χ3v) is 16.3. The molecule has 0 fully saturated rings. The van der Waals surface area contributed by atoms with Crippen LogP contribution in [0.3, 0.4) is 0 Å². The molecule has 6 nitrogen and oxygen atoms in total. The highest BCUT2D eigenvalue weighted by Gasteiger charge is 2.19. The van der Waals surface area contributed by atoms with Crippen LogP contribution in [-0.2, 0) is 28.6 Å². The van der Waals surface area contributed by atoms with Gasteiger partial charge in [-0.2, -0.15) is 0 Å². The minimum Gasteiger partial charge on any atom is -0.462 e. The lowest BCUT2D eigenvalue weighted by molar-refractivity contribution is -0.167. The van der Waals surface area contributed by atoms with Crippen molar-refractivity contribution < 1.29 is 28.6 Å². The molecule has 1 atom stereocenters. The van der Waals surface area contributed by atoms with Gasteiger partial charge in [0.2, 0.25) is 0 Å². The first-order valence-corrected chi connectivity index (χ1v) is 36.1. The zero-order valence-electron chi connectivity index (χ0n) is 54.6. The van der Waals surface area contributed by atoms with Gasteiger partial charge in [0.25, 0.3) is 0 Å². The first-order valence-electron chi connectivity index (χ1n) is 36.1. The van der Waals surface area contributed by atoms with E-state index in [0.29, 0.717) is 19.3 Å². The highest BCUT2D eigenvalue weighted by atomic mass is 16.6. The average molecular weight is 1140 g/mol. The molecule has 81 heavy (non-hydrogen) atoms. The Morgan fingerprint density at radius 1 is 0.259 bits per heavy atom. The molecule has 0 aliphatic heterocycles.